The Labute approximate surface area is 127 Å². The molecular weight excluding hydrogens is 268 g/mol. The molecule has 0 bridgehead atoms. The van der Waals surface area contributed by atoms with Crippen molar-refractivity contribution in [2.45, 2.75) is 68.8 Å². The number of aryl methyl sites for hydroxylation is 1. The molecule has 1 N–H and O–H groups in total. The van der Waals surface area contributed by atoms with Crippen LogP contribution in [-0.4, -0.2) is 32.6 Å². The molecule has 2 rings (SSSR count). The lowest BCUT2D eigenvalue weighted by Gasteiger charge is -2.36. The molecule has 114 valence electrons. The lowest BCUT2D eigenvalue weighted by molar-refractivity contribution is 0.287. The number of hydrogen-bond acceptors (Lipinski definition) is 4. The Morgan fingerprint density at radius 2 is 2.20 bits per heavy atom. The lowest BCUT2D eigenvalue weighted by Crippen LogP contribution is -2.43. The standard InChI is InChI=1S/C15H28N4S/c1-4-6-12-7-8-13(16-9-5-2)14(10-12)20-15-18-17-11-19(15)3/h11-14,16H,4-10H2,1-3H3. The quantitative estimate of drug-likeness (QED) is 0.839. The molecule has 4 nitrogen and oxygen atoms in total. The fourth-order valence-electron chi connectivity index (χ4n) is 3.09. The summed E-state index contributed by atoms with van der Waals surface area (Å²) < 4.78 is 2.03. The Hall–Kier alpha value is -0.550. The van der Waals surface area contributed by atoms with Gasteiger partial charge < -0.3 is 9.88 Å². The summed E-state index contributed by atoms with van der Waals surface area (Å²) in [4.78, 5) is 0. The zero-order valence-corrected chi connectivity index (χ0v) is 13.8. The van der Waals surface area contributed by atoms with E-state index in [-0.39, 0.29) is 0 Å². The van der Waals surface area contributed by atoms with Crippen LogP contribution in [0.25, 0.3) is 0 Å². The average molecular weight is 296 g/mol. The largest absolute Gasteiger partial charge is 0.313 e. The normalized spacial score (nSPS) is 26.9. The van der Waals surface area contributed by atoms with Crippen LogP contribution in [0.3, 0.4) is 0 Å². The molecule has 3 atom stereocenters. The van der Waals surface area contributed by atoms with Crippen LogP contribution in [-0.2, 0) is 7.05 Å². The lowest BCUT2D eigenvalue weighted by atomic mass is 9.83. The highest BCUT2D eigenvalue weighted by Gasteiger charge is 2.31. The maximum absolute atomic E-state index is 4.24. The molecule has 1 aliphatic rings. The molecule has 5 heteroatoms. The number of nitrogens with one attached hydrogen (secondary N) is 1. The SMILES string of the molecule is CCCNC1CCC(CCC)CC1Sc1nncn1C. The van der Waals surface area contributed by atoms with E-state index in [0.717, 1.165) is 17.6 Å². The molecule has 0 saturated heterocycles. The van der Waals surface area contributed by atoms with Crippen LogP contribution < -0.4 is 5.32 Å². The first-order valence-electron chi connectivity index (χ1n) is 7.98. The molecule has 3 unspecified atom stereocenters. The molecule has 0 spiro atoms. The van der Waals surface area contributed by atoms with Gasteiger partial charge >= 0.3 is 0 Å². The van der Waals surface area contributed by atoms with Gasteiger partial charge in [-0.1, -0.05) is 38.5 Å². The van der Waals surface area contributed by atoms with Gasteiger partial charge in [0, 0.05) is 18.3 Å². The Kier molecular flexibility index (Phi) is 6.36. The summed E-state index contributed by atoms with van der Waals surface area (Å²) in [5.41, 5.74) is 0. The summed E-state index contributed by atoms with van der Waals surface area (Å²) in [5.74, 6) is 0.894. The van der Waals surface area contributed by atoms with E-state index in [2.05, 4.69) is 29.4 Å². The predicted octanol–water partition coefficient (Wildman–Crippen LogP) is 3.24. The van der Waals surface area contributed by atoms with E-state index in [1.807, 2.05) is 23.4 Å². The third-order valence-electron chi connectivity index (χ3n) is 4.18. The average Bonchev–Trinajstić information content (AvgIpc) is 2.84. The highest BCUT2D eigenvalue weighted by Crippen LogP contribution is 2.37. The molecule has 0 amide bonds. The first-order chi connectivity index (χ1) is 9.74. The molecule has 1 aromatic rings. The van der Waals surface area contributed by atoms with Crippen molar-refractivity contribution in [2.75, 3.05) is 6.54 Å². The molecule has 0 aliphatic heterocycles. The van der Waals surface area contributed by atoms with E-state index in [1.165, 1.54) is 38.5 Å². The van der Waals surface area contributed by atoms with Crippen molar-refractivity contribution in [3.8, 4) is 0 Å². The van der Waals surface area contributed by atoms with Crippen molar-refractivity contribution in [3.05, 3.63) is 6.33 Å². The molecule has 1 fully saturated rings. The first kappa shape index (κ1) is 15.8. The highest BCUT2D eigenvalue weighted by molar-refractivity contribution is 7.99. The smallest absolute Gasteiger partial charge is 0.191 e. The number of hydrogen-bond donors (Lipinski definition) is 1. The molecule has 1 aromatic heterocycles. The summed E-state index contributed by atoms with van der Waals surface area (Å²) in [7, 11) is 2.03. The second kappa shape index (κ2) is 8.03. The van der Waals surface area contributed by atoms with Crippen molar-refractivity contribution >= 4 is 11.8 Å². The number of thioether (sulfide) groups is 1. The van der Waals surface area contributed by atoms with Crippen LogP contribution in [0, 0.1) is 5.92 Å². The van der Waals surface area contributed by atoms with Gasteiger partial charge in [-0.3, -0.25) is 0 Å². The maximum Gasteiger partial charge on any atom is 0.191 e. The molecule has 0 aromatic carbocycles. The van der Waals surface area contributed by atoms with Gasteiger partial charge in [-0.25, -0.2) is 0 Å². The van der Waals surface area contributed by atoms with Gasteiger partial charge in [0.15, 0.2) is 5.16 Å². The fourth-order valence-corrected chi connectivity index (χ4v) is 4.43. The molecule has 1 heterocycles. The Balaban J connectivity index is 1.99. The highest BCUT2D eigenvalue weighted by atomic mass is 32.2. The fraction of sp³-hybridized carbons (Fsp3) is 0.867. The minimum Gasteiger partial charge on any atom is -0.313 e. The Morgan fingerprint density at radius 3 is 2.85 bits per heavy atom. The molecule has 1 aliphatic carbocycles. The minimum absolute atomic E-state index is 0.629. The van der Waals surface area contributed by atoms with Crippen molar-refractivity contribution in [2.24, 2.45) is 13.0 Å². The maximum atomic E-state index is 4.24. The van der Waals surface area contributed by atoms with Crippen LogP contribution in [0.4, 0.5) is 0 Å². The number of aromatic nitrogens is 3. The van der Waals surface area contributed by atoms with E-state index in [0.29, 0.717) is 11.3 Å². The van der Waals surface area contributed by atoms with Crippen molar-refractivity contribution in [1.29, 1.82) is 0 Å². The van der Waals surface area contributed by atoms with Gasteiger partial charge in [-0.15, -0.1) is 10.2 Å². The summed E-state index contributed by atoms with van der Waals surface area (Å²) >= 11 is 1.91. The third kappa shape index (κ3) is 4.22. The summed E-state index contributed by atoms with van der Waals surface area (Å²) in [6.45, 7) is 5.66. The summed E-state index contributed by atoms with van der Waals surface area (Å²) in [6, 6.07) is 0.629. The second-order valence-corrected chi connectivity index (χ2v) is 7.12. The van der Waals surface area contributed by atoms with Gasteiger partial charge in [0.2, 0.25) is 0 Å². The molecular formula is C15H28N4S. The van der Waals surface area contributed by atoms with E-state index in [4.69, 9.17) is 0 Å². The van der Waals surface area contributed by atoms with Crippen LogP contribution in [0.15, 0.2) is 11.5 Å². The van der Waals surface area contributed by atoms with Gasteiger partial charge in [0.05, 0.1) is 0 Å². The van der Waals surface area contributed by atoms with Gasteiger partial charge in [0.1, 0.15) is 6.33 Å². The van der Waals surface area contributed by atoms with Gasteiger partial charge in [-0.05, 0) is 38.1 Å². The summed E-state index contributed by atoms with van der Waals surface area (Å²) in [6.07, 6.45) is 9.67. The minimum atomic E-state index is 0.629. The van der Waals surface area contributed by atoms with Crippen molar-refractivity contribution in [1.82, 2.24) is 20.1 Å². The van der Waals surface area contributed by atoms with E-state index in [9.17, 15) is 0 Å². The van der Waals surface area contributed by atoms with E-state index >= 15 is 0 Å². The Bertz CT molecular complexity index is 393. The zero-order valence-electron chi connectivity index (χ0n) is 13.0. The van der Waals surface area contributed by atoms with Crippen molar-refractivity contribution in [3.63, 3.8) is 0 Å². The summed E-state index contributed by atoms with van der Waals surface area (Å²) in [5, 5.41) is 13.7. The zero-order chi connectivity index (χ0) is 14.4. The molecule has 1 saturated carbocycles. The van der Waals surface area contributed by atoms with Gasteiger partial charge in [-0.2, -0.15) is 0 Å². The monoisotopic (exact) mass is 296 g/mol. The molecule has 20 heavy (non-hydrogen) atoms. The molecule has 0 radical (unpaired) electrons. The number of rotatable bonds is 7. The van der Waals surface area contributed by atoms with Crippen LogP contribution in [0.5, 0.6) is 0 Å². The Morgan fingerprint density at radius 1 is 1.35 bits per heavy atom. The third-order valence-corrected chi connectivity index (χ3v) is 5.58. The van der Waals surface area contributed by atoms with Gasteiger partial charge in [0.25, 0.3) is 0 Å². The first-order valence-corrected chi connectivity index (χ1v) is 8.86. The topological polar surface area (TPSA) is 42.7 Å². The predicted molar refractivity (Wildman–Crippen MR) is 85.0 cm³/mol. The van der Waals surface area contributed by atoms with E-state index < -0.39 is 0 Å². The van der Waals surface area contributed by atoms with Crippen LogP contribution in [0.2, 0.25) is 0 Å². The van der Waals surface area contributed by atoms with Crippen LogP contribution >= 0.6 is 11.8 Å². The van der Waals surface area contributed by atoms with Crippen LogP contribution in [0.1, 0.15) is 52.4 Å². The number of nitrogens with zero attached hydrogens (tertiary/aromatic N) is 3. The van der Waals surface area contributed by atoms with Crippen molar-refractivity contribution < 1.29 is 0 Å². The van der Waals surface area contributed by atoms with E-state index in [1.54, 1.807) is 6.33 Å². The second-order valence-electron chi connectivity index (χ2n) is 5.91.